The van der Waals surface area contributed by atoms with Crippen LogP contribution in [0.3, 0.4) is 0 Å². The summed E-state index contributed by atoms with van der Waals surface area (Å²) in [7, 11) is -1.04. The molecule has 146 valence electrons. The lowest BCUT2D eigenvalue weighted by atomic mass is 9.88. The van der Waals surface area contributed by atoms with Crippen molar-refractivity contribution in [2.75, 3.05) is 12.8 Å². The van der Waals surface area contributed by atoms with Crippen molar-refractivity contribution in [2.45, 2.75) is 43.6 Å². The molecule has 2 rings (SSSR count). The standard InChI is InChI=1S/C21H26FNO3S/c1-21(2,3)26-20(24)23-14-13-19(15-5-9-17(22)10-6-15)16-7-11-18(12-8-16)27(4)25/h5-12,19H,13-14H2,1-4H3,(H,23,24)/t19-,27?/m0/s1. The SMILES string of the molecule is CS(=O)c1ccc([C@@H](CCNC(=O)OC(C)(C)C)c2ccc(F)cc2)cc1. The summed E-state index contributed by atoms with van der Waals surface area (Å²) in [5, 5.41) is 2.77. The van der Waals surface area contributed by atoms with Gasteiger partial charge < -0.3 is 10.1 Å². The van der Waals surface area contributed by atoms with Gasteiger partial charge in [-0.2, -0.15) is 0 Å². The van der Waals surface area contributed by atoms with Crippen LogP contribution < -0.4 is 5.32 Å². The number of carbonyl (C=O) groups is 1. The molecule has 0 saturated heterocycles. The van der Waals surface area contributed by atoms with E-state index in [1.54, 1.807) is 18.4 Å². The van der Waals surface area contributed by atoms with Gasteiger partial charge in [-0.05, 0) is 62.6 Å². The van der Waals surface area contributed by atoms with Gasteiger partial charge in [0.2, 0.25) is 0 Å². The van der Waals surface area contributed by atoms with E-state index >= 15 is 0 Å². The Balaban J connectivity index is 2.14. The summed E-state index contributed by atoms with van der Waals surface area (Å²) in [6, 6.07) is 13.9. The third-order valence-corrected chi connectivity index (χ3v) is 4.92. The van der Waals surface area contributed by atoms with Crippen LogP contribution in [0.5, 0.6) is 0 Å². The van der Waals surface area contributed by atoms with Gasteiger partial charge >= 0.3 is 6.09 Å². The van der Waals surface area contributed by atoms with E-state index in [1.165, 1.54) is 12.1 Å². The van der Waals surface area contributed by atoms with Gasteiger partial charge in [0.1, 0.15) is 11.4 Å². The third kappa shape index (κ3) is 6.79. The summed E-state index contributed by atoms with van der Waals surface area (Å²) < 4.78 is 30.2. The molecule has 0 aliphatic heterocycles. The summed E-state index contributed by atoms with van der Waals surface area (Å²) in [6.07, 6.45) is 1.80. The summed E-state index contributed by atoms with van der Waals surface area (Å²) in [5.41, 5.74) is 1.42. The summed E-state index contributed by atoms with van der Waals surface area (Å²) in [5.74, 6) is -0.319. The topological polar surface area (TPSA) is 55.4 Å². The fraction of sp³-hybridized carbons (Fsp3) is 0.381. The molecule has 2 aromatic carbocycles. The molecular weight excluding hydrogens is 365 g/mol. The van der Waals surface area contributed by atoms with Gasteiger partial charge in [-0.15, -0.1) is 0 Å². The zero-order chi connectivity index (χ0) is 20.0. The minimum Gasteiger partial charge on any atom is -0.444 e. The number of nitrogens with one attached hydrogen (secondary N) is 1. The second-order valence-electron chi connectivity index (χ2n) is 7.34. The molecule has 0 aliphatic rings. The van der Waals surface area contributed by atoms with Crippen LogP contribution in [0, 0.1) is 5.82 Å². The smallest absolute Gasteiger partial charge is 0.407 e. The molecule has 0 spiro atoms. The van der Waals surface area contributed by atoms with Crippen molar-refractivity contribution in [2.24, 2.45) is 0 Å². The van der Waals surface area contributed by atoms with Gasteiger partial charge in [0.05, 0.1) is 0 Å². The fourth-order valence-electron chi connectivity index (χ4n) is 2.75. The minimum atomic E-state index is -1.04. The third-order valence-electron chi connectivity index (χ3n) is 3.99. The molecule has 6 heteroatoms. The molecule has 0 heterocycles. The van der Waals surface area contributed by atoms with Crippen LogP contribution in [0.1, 0.15) is 44.2 Å². The zero-order valence-corrected chi connectivity index (χ0v) is 16.9. The van der Waals surface area contributed by atoms with Crippen molar-refractivity contribution in [3.63, 3.8) is 0 Å². The summed E-state index contributed by atoms with van der Waals surface area (Å²) >= 11 is 0. The molecule has 0 fully saturated rings. The molecule has 0 saturated carbocycles. The Labute approximate surface area is 162 Å². The van der Waals surface area contributed by atoms with Gasteiger partial charge in [-0.1, -0.05) is 24.3 Å². The van der Waals surface area contributed by atoms with E-state index in [4.69, 9.17) is 4.74 Å². The Morgan fingerprint density at radius 2 is 1.59 bits per heavy atom. The molecular formula is C21H26FNO3S. The Morgan fingerprint density at radius 3 is 2.07 bits per heavy atom. The maximum absolute atomic E-state index is 13.3. The number of rotatable bonds is 6. The van der Waals surface area contributed by atoms with Crippen LogP contribution in [-0.4, -0.2) is 28.7 Å². The Kier molecular flexibility index (Phi) is 7.13. The molecule has 1 unspecified atom stereocenters. The van der Waals surface area contributed by atoms with Crippen molar-refractivity contribution in [3.05, 3.63) is 65.5 Å². The van der Waals surface area contributed by atoms with Crippen molar-refractivity contribution in [1.82, 2.24) is 5.32 Å². The summed E-state index contributed by atoms with van der Waals surface area (Å²) in [4.78, 5) is 12.6. The number of hydrogen-bond acceptors (Lipinski definition) is 3. The van der Waals surface area contributed by atoms with E-state index in [0.717, 1.165) is 16.0 Å². The Bertz CT molecular complexity index is 783. The van der Waals surface area contributed by atoms with E-state index in [9.17, 15) is 13.4 Å². The van der Waals surface area contributed by atoms with E-state index in [1.807, 2.05) is 45.0 Å². The number of alkyl carbamates (subject to hydrolysis) is 1. The highest BCUT2D eigenvalue weighted by molar-refractivity contribution is 7.84. The lowest BCUT2D eigenvalue weighted by molar-refractivity contribution is 0.0526. The van der Waals surface area contributed by atoms with Crippen LogP contribution in [0.15, 0.2) is 53.4 Å². The van der Waals surface area contributed by atoms with Crippen LogP contribution in [0.2, 0.25) is 0 Å². The van der Waals surface area contributed by atoms with Gasteiger partial charge in [0.15, 0.2) is 0 Å². The first-order chi connectivity index (χ1) is 12.7. The maximum Gasteiger partial charge on any atom is 0.407 e. The highest BCUT2D eigenvalue weighted by atomic mass is 32.2. The first kappa shape index (κ1) is 21.1. The average molecular weight is 392 g/mol. The van der Waals surface area contributed by atoms with E-state index in [2.05, 4.69) is 5.32 Å². The quantitative estimate of drug-likeness (QED) is 0.782. The molecule has 2 atom stereocenters. The first-order valence-electron chi connectivity index (χ1n) is 8.81. The fourth-order valence-corrected chi connectivity index (χ4v) is 3.26. The van der Waals surface area contributed by atoms with Gasteiger partial charge in [0.25, 0.3) is 0 Å². The van der Waals surface area contributed by atoms with Crippen LogP contribution in [-0.2, 0) is 15.5 Å². The van der Waals surface area contributed by atoms with Crippen molar-refractivity contribution in [1.29, 1.82) is 0 Å². The van der Waals surface area contributed by atoms with Crippen molar-refractivity contribution in [3.8, 4) is 0 Å². The van der Waals surface area contributed by atoms with Gasteiger partial charge in [-0.25, -0.2) is 9.18 Å². The highest BCUT2D eigenvalue weighted by Crippen LogP contribution is 2.28. The Hall–Kier alpha value is -2.21. The number of hydrogen-bond donors (Lipinski definition) is 1. The molecule has 4 nitrogen and oxygen atoms in total. The summed E-state index contributed by atoms with van der Waals surface area (Å²) in [6.45, 7) is 5.85. The number of ether oxygens (including phenoxy) is 1. The largest absolute Gasteiger partial charge is 0.444 e. The van der Waals surface area contributed by atoms with E-state index in [0.29, 0.717) is 13.0 Å². The molecule has 0 radical (unpaired) electrons. The van der Waals surface area contributed by atoms with Gasteiger partial charge in [-0.3, -0.25) is 4.21 Å². The number of halogens is 1. The monoisotopic (exact) mass is 391 g/mol. The van der Waals surface area contributed by atoms with E-state index in [-0.39, 0.29) is 11.7 Å². The van der Waals surface area contributed by atoms with Gasteiger partial charge in [0, 0.05) is 34.4 Å². The van der Waals surface area contributed by atoms with Crippen LogP contribution in [0.4, 0.5) is 9.18 Å². The number of carbonyl (C=O) groups excluding carboxylic acids is 1. The molecule has 27 heavy (non-hydrogen) atoms. The van der Waals surface area contributed by atoms with E-state index < -0.39 is 22.5 Å². The number of benzene rings is 2. The molecule has 0 bridgehead atoms. The molecule has 2 aromatic rings. The lowest BCUT2D eigenvalue weighted by Gasteiger charge is -2.21. The van der Waals surface area contributed by atoms with Crippen molar-refractivity contribution < 1.29 is 18.1 Å². The highest BCUT2D eigenvalue weighted by Gasteiger charge is 2.18. The molecule has 1 N–H and O–H groups in total. The normalized spacial score (nSPS) is 13.7. The lowest BCUT2D eigenvalue weighted by Crippen LogP contribution is -2.33. The minimum absolute atomic E-state index is 0.0279. The molecule has 0 aliphatic carbocycles. The number of amides is 1. The zero-order valence-electron chi connectivity index (χ0n) is 16.1. The second kappa shape index (κ2) is 9.13. The van der Waals surface area contributed by atoms with Crippen LogP contribution >= 0.6 is 0 Å². The maximum atomic E-state index is 13.3. The first-order valence-corrected chi connectivity index (χ1v) is 10.4. The van der Waals surface area contributed by atoms with Crippen LogP contribution in [0.25, 0.3) is 0 Å². The average Bonchev–Trinajstić information content (AvgIpc) is 2.58. The molecule has 1 amide bonds. The van der Waals surface area contributed by atoms with Crippen molar-refractivity contribution >= 4 is 16.9 Å². The predicted octanol–water partition coefficient (Wildman–Crippen LogP) is 4.61. The Morgan fingerprint density at radius 1 is 1.07 bits per heavy atom. The molecule has 0 aromatic heterocycles. The second-order valence-corrected chi connectivity index (χ2v) is 8.72. The predicted molar refractivity (Wildman–Crippen MR) is 106 cm³/mol.